The van der Waals surface area contributed by atoms with Crippen molar-refractivity contribution in [3.8, 4) is 5.75 Å². The molecule has 0 aliphatic heterocycles. The number of nitrogens with zero attached hydrogens (tertiary/aromatic N) is 1. The van der Waals surface area contributed by atoms with E-state index in [1.54, 1.807) is 0 Å². The minimum Gasteiger partial charge on any atom is -0.406 e. The Balaban J connectivity index is 2.32. The smallest absolute Gasteiger partial charge is 0.406 e. The lowest BCUT2D eigenvalue weighted by molar-refractivity contribution is -0.274. The summed E-state index contributed by atoms with van der Waals surface area (Å²) in [5.74, 6) is -0.471. The van der Waals surface area contributed by atoms with Crippen molar-refractivity contribution in [3.05, 3.63) is 42.2 Å². The maximum Gasteiger partial charge on any atom is 0.573 e. The fraction of sp³-hybridized carbons (Fsp3) is 0.250. The monoisotopic (exact) mass is 320 g/mol. The standard InChI is InChI=1S/C12H11F3N2O3S/c1-8(21(18,19)11-16-5-6-17-11)9-3-2-4-10(7-9)20-12(13,14)15/h2-8H,1H3,(H,16,17). The molecule has 21 heavy (non-hydrogen) atoms. The SMILES string of the molecule is CC(c1cccc(OC(F)(F)F)c1)S(=O)(=O)c1ncc[nH]1. The molecular weight excluding hydrogens is 309 g/mol. The summed E-state index contributed by atoms with van der Waals surface area (Å²) in [7, 11) is -3.81. The molecule has 1 aromatic carbocycles. The Morgan fingerprint density at radius 1 is 1.33 bits per heavy atom. The van der Waals surface area contributed by atoms with Gasteiger partial charge in [-0.05, 0) is 24.6 Å². The van der Waals surface area contributed by atoms with Gasteiger partial charge in [0.25, 0.3) is 0 Å². The molecule has 9 heteroatoms. The molecule has 0 saturated heterocycles. The molecule has 0 spiro atoms. The Kier molecular flexibility index (Phi) is 3.95. The number of alkyl halides is 3. The fourth-order valence-corrected chi connectivity index (χ4v) is 3.00. The van der Waals surface area contributed by atoms with E-state index in [2.05, 4.69) is 14.7 Å². The minimum absolute atomic E-state index is 0.174. The van der Waals surface area contributed by atoms with Gasteiger partial charge in [-0.2, -0.15) is 0 Å². The van der Waals surface area contributed by atoms with Gasteiger partial charge in [0.1, 0.15) is 5.75 Å². The summed E-state index contributed by atoms with van der Waals surface area (Å²) in [4.78, 5) is 6.13. The van der Waals surface area contributed by atoms with Gasteiger partial charge in [-0.25, -0.2) is 13.4 Å². The maximum absolute atomic E-state index is 12.2. The van der Waals surface area contributed by atoms with Crippen molar-refractivity contribution in [2.24, 2.45) is 0 Å². The molecule has 5 nitrogen and oxygen atoms in total. The van der Waals surface area contributed by atoms with E-state index >= 15 is 0 Å². The summed E-state index contributed by atoms with van der Waals surface area (Å²) in [6.45, 7) is 1.37. The highest BCUT2D eigenvalue weighted by Gasteiger charge is 2.32. The second-order valence-corrected chi connectivity index (χ2v) is 6.39. The van der Waals surface area contributed by atoms with Crippen LogP contribution in [0.15, 0.2) is 41.8 Å². The van der Waals surface area contributed by atoms with E-state index in [-0.39, 0.29) is 10.7 Å². The molecule has 1 N–H and O–H groups in total. The summed E-state index contributed by atoms with van der Waals surface area (Å²) in [6, 6.07) is 4.85. The Hall–Kier alpha value is -2.03. The summed E-state index contributed by atoms with van der Waals surface area (Å²) >= 11 is 0. The summed E-state index contributed by atoms with van der Waals surface area (Å²) < 4.78 is 64.8. The third-order valence-corrected chi connectivity index (χ3v) is 4.73. The van der Waals surface area contributed by atoms with Crippen molar-refractivity contribution in [1.82, 2.24) is 9.97 Å². The number of aromatic nitrogens is 2. The number of aromatic amines is 1. The lowest BCUT2D eigenvalue weighted by Crippen LogP contribution is -2.17. The number of sulfone groups is 1. The molecule has 1 heterocycles. The van der Waals surface area contributed by atoms with Crippen molar-refractivity contribution >= 4 is 9.84 Å². The lowest BCUT2D eigenvalue weighted by Gasteiger charge is -2.14. The zero-order valence-corrected chi connectivity index (χ0v) is 11.6. The van der Waals surface area contributed by atoms with Crippen molar-refractivity contribution < 1.29 is 26.3 Å². The Labute approximate surface area is 118 Å². The highest BCUT2D eigenvalue weighted by molar-refractivity contribution is 7.91. The highest BCUT2D eigenvalue weighted by Crippen LogP contribution is 2.30. The van der Waals surface area contributed by atoms with Crippen LogP contribution in [0, 0.1) is 0 Å². The number of halogens is 3. The molecule has 2 rings (SSSR count). The normalized spacial score (nSPS) is 13.9. The van der Waals surface area contributed by atoms with Gasteiger partial charge in [0, 0.05) is 12.4 Å². The fourth-order valence-electron chi connectivity index (χ4n) is 1.72. The van der Waals surface area contributed by atoms with E-state index in [1.807, 2.05) is 0 Å². The third kappa shape index (κ3) is 3.54. The van der Waals surface area contributed by atoms with Crippen LogP contribution in [-0.4, -0.2) is 24.7 Å². The molecule has 1 aromatic heterocycles. The van der Waals surface area contributed by atoms with Crippen molar-refractivity contribution in [2.45, 2.75) is 23.7 Å². The third-order valence-electron chi connectivity index (χ3n) is 2.77. The zero-order valence-electron chi connectivity index (χ0n) is 10.8. The number of ether oxygens (including phenoxy) is 1. The number of hydrogen-bond donors (Lipinski definition) is 1. The molecule has 0 amide bonds. The summed E-state index contributed by atoms with van der Waals surface area (Å²) in [5.41, 5.74) is 0.174. The van der Waals surface area contributed by atoms with Crippen LogP contribution in [0.3, 0.4) is 0 Å². The second kappa shape index (κ2) is 5.40. The minimum atomic E-state index is -4.83. The highest BCUT2D eigenvalue weighted by atomic mass is 32.2. The van der Waals surface area contributed by atoms with Gasteiger partial charge < -0.3 is 9.72 Å². The largest absolute Gasteiger partial charge is 0.573 e. The van der Waals surface area contributed by atoms with Crippen LogP contribution in [0.5, 0.6) is 5.75 Å². The van der Waals surface area contributed by atoms with E-state index in [4.69, 9.17) is 0 Å². The predicted octanol–water partition coefficient (Wildman–Crippen LogP) is 2.84. The number of H-pyrrole nitrogens is 1. The van der Waals surface area contributed by atoms with E-state index < -0.39 is 27.2 Å². The van der Waals surface area contributed by atoms with Crippen LogP contribution < -0.4 is 4.74 Å². The number of rotatable bonds is 4. The van der Waals surface area contributed by atoms with Gasteiger partial charge in [-0.15, -0.1) is 13.2 Å². The predicted molar refractivity (Wildman–Crippen MR) is 67.3 cm³/mol. The molecule has 2 aromatic rings. The van der Waals surface area contributed by atoms with E-state index in [9.17, 15) is 21.6 Å². The first-order chi connectivity index (χ1) is 9.70. The molecule has 0 radical (unpaired) electrons. The Morgan fingerprint density at radius 2 is 2.05 bits per heavy atom. The Morgan fingerprint density at radius 3 is 2.62 bits per heavy atom. The van der Waals surface area contributed by atoms with Gasteiger partial charge >= 0.3 is 6.36 Å². The van der Waals surface area contributed by atoms with Crippen molar-refractivity contribution in [2.75, 3.05) is 0 Å². The quantitative estimate of drug-likeness (QED) is 0.940. The van der Waals surface area contributed by atoms with Crippen LogP contribution in [0.2, 0.25) is 0 Å². The van der Waals surface area contributed by atoms with Gasteiger partial charge in [-0.3, -0.25) is 0 Å². The first-order valence-electron chi connectivity index (χ1n) is 5.79. The number of nitrogens with one attached hydrogen (secondary N) is 1. The molecule has 0 saturated carbocycles. The number of benzene rings is 1. The zero-order chi connectivity index (χ0) is 15.7. The molecule has 0 fully saturated rings. The van der Waals surface area contributed by atoms with Gasteiger partial charge in [0.05, 0.1) is 5.25 Å². The molecule has 0 aliphatic carbocycles. The van der Waals surface area contributed by atoms with Crippen LogP contribution in [0.1, 0.15) is 17.7 Å². The maximum atomic E-state index is 12.2. The first kappa shape index (κ1) is 15.4. The van der Waals surface area contributed by atoms with Crippen LogP contribution in [0.4, 0.5) is 13.2 Å². The molecule has 0 aliphatic rings. The van der Waals surface area contributed by atoms with Gasteiger partial charge in [0.2, 0.25) is 15.0 Å². The average molecular weight is 320 g/mol. The molecule has 0 bridgehead atoms. The number of hydrogen-bond acceptors (Lipinski definition) is 4. The average Bonchev–Trinajstić information content (AvgIpc) is 2.90. The van der Waals surface area contributed by atoms with Crippen LogP contribution in [0.25, 0.3) is 0 Å². The lowest BCUT2D eigenvalue weighted by atomic mass is 10.1. The van der Waals surface area contributed by atoms with Gasteiger partial charge in [-0.1, -0.05) is 12.1 Å². The van der Waals surface area contributed by atoms with Crippen molar-refractivity contribution in [1.29, 1.82) is 0 Å². The van der Waals surface area contributed by atoms with Crippen LogP contribution >= 0.6 is 0 Å². The Bertz CT molecular complexity index is 712. The summed E-state index contributed by atoms with van der Waals surface area (Å²) in [6.07, 6.45) is -2.20. The molecule has 1 atom stereocenters. The van der Waals surface area contributed by atoms with Crippen LogP contribution in [-0.2, 0) is 9.84 Å². The number of imidazole rings is 1. The second-order valence-electron chi connectivity index (χ2n) is 4.20. The molecule has 1 unspecified atom stereocenters. The molecule has 114 valence electrons. The van der Waals surface area contributed by atoms with Gasteiger partial charge in [0.15, 0.2) is 0 Å². The van der Waals surface area contributed by atoms with Crippen molar-refractivity contribution in [3.63, 3.8) is 0 Å². The summed E-state index contributed by atoms with van der Waals surface area (Å²) in [5, 5.41) is -1.31. The topological polar surface area (TPSA) is 72.1 Å². The van der Waals surface area contributed by atoms with E-state index in [1.165, 1.54) is 31.5 Å². The van der Waals surface area contributed by atoms with E-state index in [0.717, 1.165) is 12.1 Å². The van der Waals surface area contributed by atoms with E-state index in [0.29, 0.717) is 0 Å². The first-order valence-corrected chi connectivity index (χ1v) is 7.34. The molecular formula is C12H11F3N2O3S.